The minimum absolute atomic E-state index is 0.245. The Labute approximate surface area is 113 Å². The van der Waals surface area contributed by atoms with Crippen LogP contribution < -0.4 is 0 Å². The van der Waals surface area contributed by atoms with Crippen molar-refractivity contribution in [2.75, 3.05) is 13.7 Å². The van der Waals surface area contributed by atoms with E-state index in [-0.39, 0.29) is 24.8 Å². The molecule has 102 valence electrons. The largest absolute Gasteiger partial charge is 0.469 e. The first-order valence-corrected chi connectivity index (χ1v) is 6.13. The summed E-state index contributed by atoms with van der Waals surface area (Å²) in [6.07, 6.45) is 4.07. The Morgan fingerprint density at radius 1 is 1.26 bits per heavy atom. The lowest BCUT2D eigenvalue weighted by Crippen LogP contribution is -2.04. The molecule has 1 rings (SSSR count). The zero-order chi connectivity index (χ0) is 14.1. The molecule has 4 heteroatoms. The van der Waals surface area contributed by atoms with Gasteiger partial charge in [0, 0.05) is 0 Å². The quantitative estimate of drug-likeness (QED) is 0.738. The van der Waals surface area contributed by atoms with Crippen LogP contribution in [0.25, 0.3) is 6.08 Å². The second-order valence-corrected chi connectivity index (χ2v) is 3.91. The smallest absolute Gasteiger partial charge is 0.309 e. The highest BCUT2D eigenvalue weighted by Gasteiger charge is 2.02. The molecule has 0 bridgehead atoms. The van der Waals surface area contributed by atoms with E-state index in [1.165, 1.54) is 7.11 Å². The molecular weight excluding hydrogens is 244 g/mol. The van der Waals surface area contributed by atoms with Crippen LogP contribution in [0.4, 0.5) is 0 Å². The maximum absolute atomic E-state index is 11.2. The number of rotatable bonds is 6. The highest BCUT2D eigenvalue weighted by Crippen LogP contribution is 2.09. The highest BCUT2D eigenvalue weighted by molar-refractivity contribution is 5.74. The lowest BCUT2D eigenvalue weighted by atomic mass is 10.1. The second kappa shape index (κ2) is 8.08. The van der Waals surface area contributed by atoms with Crippen molar-refractivity contribution >= 4 is 18.0 Å². The lowest BCUT2D eigenvalue weighted by Gasteiger charge is -2.01. The fraction of sp³-hybridized carbons (Fsp3) is 0.333. The fourth-order valence-corrected chi connectivity index (χ4v) is 1.56. The van der Waals surface area contributed by atoms with E-state index >= 15 is 0 Å². The molecule has 1 aromatic rings. The molecule has 0 amide bonds. The minimum atomic E-state index is -0.271. The van der Waals surface area contributed by atoms with Crippen molar-refractivity contribution in [2.24, 2.45) is 0 Å². The van der Waals surface area contributed by atoms with Gasteiger partial charge in [-0.2, -0.15) is 0 Å². The molecule has 0 aromatic heterocycles. The van der Waals surface area contributed by atoms with Crippen LogP contribution in [0.1, 0.15) is 24.5 Å². The van der Waals surface area contributed by atoms with Crippen molar-refractivity contribution in [3.63, 3.8) is 0 Å². The van der Waals surface area contributed by atoms with Crippen molar-refractivity contribution < 1.29 is 19.1 Å². The number of benzene rings is 1. The molecule has 0 aliphatic carbocycles. The van der Waals surface area contributed by atoms with Crippen LogP contribution in [-0.4, -0.2) is 25.7 Å². The predicted octanol–water partition coefficient (Wildman–Crippen LogP) is 2.37. The number of methoxy groups -OCH3 is 1. The Bertz CT molecular complexity index is 463. The molecule has 1 aromatic carbocycles. The van der Waals surface area contributed by atoms with Gasteiger partial charge in [-0.25, -0.2) is 0 Å². The summed E-state index contributed by atoms with van der Waals surface area (Å²) in [7, 11) is 1.37. The Balaban J connectivity index is 2.59. The van der Waals surface area contributed by atoms with Gasteiger partial charge in [0.1, 0.15) is 0 Å². The van der Waals surface area contributed by atoms with Gasteiger partial charge in [0.15, 0.2) is 0 Å². The molecule has 0 saturated heterocycles. The summed E-state index contributed by atoms with van der Waals surface area (Å²) in [5, 5.41) is 0. The van der Waals surface area contributed by atoms with E-state index < -0.39 is 0 Å². The Kier molecular flexibility index (Phi) is 6.36. The average molecular weight is 262 g/mol. The second-order valence-electron chi connectivity index (χ2n) is 3.91. The summed E-state index contributed by atoms with van der Waals surface area (Å²) >= 11 is 0. The standard InChI is InChI=1S/C15H18O4/c1-3-19-14(16)9-5-7-12-6-4-8-13(10-12)11-15(17)18-2/h4-8,10H,3,9,11H2,1-2H3. The van der Waals surface area contributed by atoms with E-state index in [4.69, 9.17) is 4.74 Å². The summed E-state index contributed by atoms with van der Waals surface area (Å²) in [5.41, 5.74) is 1.82. The topological polar surface area (TPSA) is 52.6 Å². The van der Waals surface area contributed by atoms with Gasteiger partial charge in [-0.3, -0.25) is 9.59 Å². The normalized spacial score (nSPS) is 10.4. The Hall–Kier alpha value is -2.10. The van der Waals surface area contributed by atoms with E-state index in [9.17, 15) is 9.59 Å². The molecule has 0 N–H and O–H groups in total. The SMILES string of the molecule is CCOC(=O)CC=Cc1cccc(CC(=O)OC)c1. The lowest BCUT2D eigenvalue weighted by molar-refractivity contribution is -0.142. The number of carbonyl (C=O) groups excluding carboxylic acids is 2. The van der Waals surface area contributed by atoms with Gasteiger partial charge in [0.25, 0.3) is 0 Å². The summed E-state index contributed by atoms with van der Waals surface area (Å²) in [6, 6.07) is 7.52. The first-order chi connectivity index (χ1) is 9.15. The van der Waals surface area contributed by atoms with Gasteiger partial charge in [-0.05, 0) is 18.1 Å². The van der Waals surface area contributed by atoms with Gasteiger partial charge in [-0.15, -0.1) is 0 Å². The molecule has 19 heavy (non-hydrogen) atoms. The van der Waals surface area contributed by atoms with E-state index in [1.807, 2.05) is 30.3 Å². The highest BCUT2D eigenvalue weighted by atomic mass is 16.5. The third-order valence-corrected chi connectivity index (χ3v) is 2.43. The van der Waals surface area contributed by atoms with Crippen LogP contribution in [0.3, 0.4) is 0 Å². The molecule has 0 radical (unpaired) electrons. The molecule has 0 fully saturated rings. The van der Waals surface area contributed by atoms with Gasteiger partial charge in [0.2, 0.25) is 0 Å². The zero-order valence-corrected chi connectivity index (χ0v) is 11.2. The molecule has 0 spiro atoms. The van der Waals surface area contributed by atoms with Crippen molar-refractivity contribution in [3.8, 4) is 0 Å². The number of esters is 2. The summed E-state index contributed by atoms with van der Waals surface area (Å²) in [5.74, 6) is -0.517. The van der Waals surface area contributed by atoms with Gasteiger partial charge in [-0.1, -0.05) is 36.4 Å². The van der Waals surface area contributed by atoms with Crippen LogP contribution in [0.2, 0.25) is 0 Å². The molecule has 0 saturated carbocycles. The third kappa shape index (κ3) is 5.86. The van der Waals surface area contributed by atoms with Crippen molar-refractivity contribution in [2.45, 2.75) is 19.8 Å². The van der Waals surface area contributed by atoms with Crippen LogP contribution in [0, 0.1) is 0 Å². The van der Waals surface area contributed by atoms with Crippen molar-refractivity contribution in [3.05, 3.63) is 41.5 Å². The van der Waals surface area contributed by atoms with Crippen LogP contribution >= 0.6 is 0 Å². The third-order valence-electron chi connectivity index (χ3n) is 2.43. The monoisotopic (exact) mass is 262 g/mol. The summed E-state index contributed by atoms with van der Waals surface area (Å²) in [4.78, 5) is 22.3. The number of hydrogen-bond donors (Lipinski definition) is 0. The zero-order valence-electron chi connectivity index (χ0n) is 11.2. The van der Waals surface area contributed by atoms with Crippen molar-refractivity contribution in [1.82, 2.24) is 0 Å². The van der Waals surface area contributed by atoms with E-state index in [0.717, 1.165) is 11.1 Å². The number of ether oxygens (including phenoxy) is 2. The molecule has 4 nitrogen and oxygen atoms in total. The molecule has 0 aliphatic rings. The summed E-state index contributed by atoms with van der Waals surface area (Å²) in [6.45, 7) is 2.17. The predicted molar refractivity (Wildman–Crippen MR) is 72.4 cm³/mol. The molecular formula is C15H18O4. The number of hydrogen-bond acceptors (Lipinski definition) is 4. The Morgan fingerprint density at radius 2 is 2.05 bits per heavy atom. The van der Waals surface area contributed by atoms with Gasteiger partial charge in [0.05, 0.1) is 26.6 Å². The maximum atomic E-state index is 11.2. The first kappa shape index (κ1) is 15.0. The fourth-order valence-electron chi connectivity index (χ4n) is 1.56. The van der Waals surface area contributed by atoms with Gasteiger partial charge < -0.3 is 9.47 Å². The maximum Gasteiger partial charge on any atom is 0.309 e. The molecule has 0 atom stereocenters. The van der Waals surface area contributed by atoms with E-state index in [2.05, 4.69) is 4.74 Å². The van der Waals surface area contributed by atoms with Crippen LogP contribution in [-0.2, 0) is 25.5 Å². The van der Waals surface area contributed by atoms with E-state index in [0.29, 0.717) is 6.61 Å². The number of carbonyl (C=O) groups is 2. The van der Waals surface area contributed by atoms with E-state index in [1.54, 1.807) is 13.0 Å². The molecule has 0 heterocycles. The summed E-state index contributed by atoms with van der Waals surface area (Å²) < 4.78 is 9.43. The van der Waals surface area contributed by atoms with Crippen molar-refractivity contribution in [1.29, 1.82) is 0 Å². The van der Waals surface area contributed by atoms with Gasteiger partial charge >= 0.3 is 11.9 Å². The minimum Gasteiger partial charge on any atom is -0.469 e. The van der Waals surface area contributed by atoms with Crippen LogP contribution in [0.15, 0.2) is 30.3 Å². The average Bonchev–Trinajstić information content (AvgIpc) is 2.39. The first-order valence-electron chi connectivity index (χ1n) is 6.13. The molecule has 0 aliphatic heterocycles. The molecule has 0 unspecified atom stereocenters. The van der Waals surface area contributed by atoms with Crippen LogP contribution in [0.5, 0.6) is 0 Å². The Morgan fingerprint density at radius 3 is 2.74 bits per heavy atom.